The van der Waals surface area contributed by atoms with Crippen LogP contribution in [0, 0.1) is 0 Å². The highest BCUT2D eigenvalue weighted by molar-refractivity contribution is 14.0. The molecule has 140 valence electrons. The van der Waals surface area contributed by atoms with E-state index in [4.69, 9.17) is 15.2 Å². The third-order valence-corrected chi connectivity index (χ3v) is 3.16. The van der Waals surface area contributed by atoms with Crippen LogP contribution in [0.1, 0.15) is 19.4 Å². The fourth-order valence-corrected chi connectivity index (χ4v) is 1.96. The molecule has 0 fully saturated rings. The first-order valence-electron chi connectivity index (χ1n) is 8.11. The van der Waals surface area contributed by atoms with Gasteiger partial charge in [0.25, 0.3) is 0 Å². The van der Waals surface area contributed by atoms with Gasteiger partial charge in [-0.2, -0.15) is 0 Å². The highest BCUT2D eigenvalue weighted by Crippen LogP contribution is 2.30. The molecule has 2 rings (SSSR count). The Morgan fingerprint density at radius 3 is 2.58 bits per heavy atom. The smallest absolute Gasteiger partial charge is 0.219 e. The predicted octanol–water partition coefficient (Wildman–Crippen LogP) is 3.87. The van der Waals surface area contributed by atoms with Crippen molar-refractivity contribution in [1.82, 2.24) is 10.3 Å². The van der Waals surface area contributed by atoms with E-state index in [1.54, 1.807) is 12.3 Å². The summed E-state index contributed by atoms with van der Waals surface area (Å²) in [7, 11) is 0. The van der Waals surface area contributed by atoms with Crippen LogP contribution in [0.5, 0.6) is 17.4 Å². The summed E-state index contributed by atoms with van der Waals surface area (Å²) in [6.07, 6.45) is 1.72. The molecule has 6 nitrogen and oxygen atoms in total. The van der Waals surface area contributed by atoms with E-state index >= 15 is 0 Å². The maximum absolute atomic E-state index is 5.79. The zero-order valence-corrected chi connectivity index (χ0v) is 17.4. The first-order valence-corrected chi connectivity index (χ1v) is 8.11. The van der Waals surface area contributed by atoms with Gasteiger partial charge in [-0.15, -0.1) is 24.0 Å². The van der Waals surface area contributed by atoms with Crippen molar-refractivity contribution in [3.05, 3.63) is 60.3 Å². The lowest BCUT2D eigenvalue weighted by Gasteiger charge is -2.10. The molecule has 0 bridgehead atoms. The molecule has 1 aromatic carbocycles. The van der Waals surface area contributed by atoms with Crippen LogP contribution in [0.4, 0.5) is 0 Å². The zero-order chi connectivity index (χ0) is 18.1. The van der Waals surface area contributed by atoms with E-state index in [-0.39, 0.29) is 24.0 Å². The van der Waals surface area contributed by atoms with Crippen LogP contribution in [-0.2, 0) is 6.54 Å². The molecule has 0 aliphatic heterocycles. The molecule has 0 spiro atoms. The molecule has 0 amide bonds. The number of para-hydroxylation sites is 2. The molecule has 0 atom stereocenters. The van der Waals surface area contributed by atoms with Gasteiger partial charge >= 0.3 is 0 Å². The van der Waals surface area contributed by atoms with Gasteiger partial charge in [0.15, 0.2) is 17.5 Å². The number of nitrogens with two attached hydrogens (primary N) is 1. The second kappa shape index (κ2) is 11.3. The standard InChI is InChI=1S/C19H24N4O2.HI/c1-4-24-16-7-5-6-8-17(16)25-18-10-9-15(12-21-18)13-23-19(20)22-11-14(2)3;/h5-10,12H,2,4,11,13H2,1,3H3,(H3,20,22,23);1H. The fourth-order valence-electron chi connectivity index (χ4n) is 1.96. The number of guanidine groups is 1. The number of hydrogen-bond acceptors (Lipinski definition) is 4. The number of nitrogens with one attached hydrogen (secondary N) is 1. The van der Waals surface area contributed by atoms with Crippen LogP contribution >= 0.6 is 24.0 Å². The van der Waals surface area contributed by atoms with Gasteiger partial charge < -0.3 is 20.5 Å². The van der Waals surface area contributed by atoms with E-state index < -0.39 is 0 Å². The van der Waals surface area contributed by atoms with Crippen molar-refractivity contribution < 1.29 is 9.47 Å². The lowest BCUT2D eigenvalue weighted by Crippen LogP contribution is -2.32. The normalized spacial score (nSPS) is 10.6. The lowest BCUT2D eigenvalue weighted by atomic mass is 10.3. The number of ether oxygens (including phenoxy) is 2. The van der Waals surface area contributed by atoms with Crippen LogP contribution in [0.15, 0.2) is 59.7 Å². The first kappa shape index (κ1) is 21.8. The van der Waals surface area contributed by atoms with Gasteiger partial charge in [-0.1, -0.05) is 30.4 Å². The topological polar surface area (TPSA) is 81.8 Å². The molecule has 1 aromatic heterocycles. The number of aromatic nitrogens is 1. The van der Waals surface area contributed by atoms with Crippen molar-refractivity contribution >= 4 is 29.9 Å². The summed E-state index contributed by atoms with van der Waals surface area (Å²) in [5, 5.41) is 2.98. The second-order valence-electron chi connectivity index (χ2n) is 5.50. The fraction of sp³-hybridized carbons (Fsp3) is 0.263. The van der Waals surface area contributed by atoms with Gasteiger partial charge in [-0.3, -0.25) is 0 Å². The summed E-state index contributed by atoms with van der Waals surface area (Å²) in [4.78, 5) is 8.56. The molecule has 2 aromatic rings. The van der Waals surface area contributed by atoms with Crippen LogP contribution in [0.3, 0.4) is 0 Å². The Balaban J connectivity index is 0.00000338. The van der Waals surface area contributed by atoms with E-state index in [9.17, 15) is 0 Å². The minimum absolute atomic E-state index is 0. The Labute approximate surface area is 171 Å². The van der Waals surface area contributed by atoms with Gasteiger partial charge in [-0.25, -0.2) is 9.98 Å². The highest BCUT2D eigenvalue weighted by Gasteiger charge is 2.06. The Hall–Kier alpha value is -2.29. The molecule has 0 saturated carbocycles. The van der Waals surface area contributed by atoms with Gasteiger partial charge in [-0.05, 0) is 31.5 Å². The van der Waals surface area contributed by atoms with Gasteiger partial charge in [0.1, 0.15) is 0 Å². The molecule has 0 aliphatic carbocycles. The molecular weight excluding hydrogens is 443 g/mol. The number of nitrogens with zero attached hydrogens (tertiary/aromatic N) is 2. The van der Waals surface area contributed by atoms with Gasteiger partial charge in [0.2, 0.25) is 5.88 Å². The van der Waals surface area contributed by atoms with E-state index in [0.717, 1.165) is 11.1 Å². The summed E-state index contributed by atoms with van der Waals surface area (Å²) < 4.78 is 11.3. The number of hydrogen-bond donors (Lipinski definition) is 2. The molecule has 7 heteroatoms. The number of pyridine rings is 1. The van der Waals surface area contributed by atoms with Crippen molar-refractivity contribution in [2.24, 2.45) is 10.7 Å². The molecule has 0 saturated heterocycles. The quantitative estimate of drug-likeness (QED) is 0.266. The summed E-state index contributed by atoms with van der Waals surface area (Å²) in [6.45, 7) is 9.28. The number of halogens is 1. The number of aliphatic imine (C=N–C) groups is 1. The summed E-state index contributed by atoms with van der Waals surface area (Å²) in [6, 6.07) is 11.2. The van der Waals surface area contributed by atoms with Crippen molar-refractivity contribution in [3.63, 3.8) is 0 Å². The second-order valence-corrected chi connectivity index (χ2v) is 5.50. The van der Waals surface area contributed by atoms with Gasteiger partial charge in [0.05, 0.1) is 13.2 Å². The highest BCUT2D eigenvalue weighted by atomic mass is 127. The predicted molar refractivity (Wildman–Crippen MR) is 115 cm³/mol. The van der Waals surface area contributed by atoms with Crippen molar-refractivity contribution in [3.8, 4) is 17.4 Å². The molecule has 0 aliphatic rings. The van der Waals surface area contributed by atoms with Crippen molar-refractivity contribution in [2.75, 3.05) is 13.2 Å². The number of rotatable bonds is 8. The SMILES string of the molecule is C=C(C)CNC(N)=NCc1ccc(Oc2ccccc2OCC)nc1.I. The maximum Gasteiger partial charge on any atom is 0.219 e. The van der Waals surface area contributed by atoms with Crippen LogP contribution in [0.25, 0.3) is 0 Å². The zero-order valence-electron chi connectivity index (χ0n) is 15.1. The number of benzene rings is 1. The first-order chi connectivity index (χ1) is 12.1. The van der Waals surface area contributed by atoms with Crippen LogP contribution in [0.2, 0.25) is 0 Å². The molecule has 3 N–H and O–H groups in total. The average molecular weight is 468 g/mol. The summed E-state index contributed by atoms with van der Waals surface area (Å²) >= 11 is 0. The largest absolute Gasteiger partial charge is 0.490 e. The van der Waals surface area contributed by atoms with Crippen molar-refractivity contribution in [1.29, 1.82) is 0 Å². The van der Waals surface area contributed by atoms with E-state index in [1.165, 1.54) is 0 Å². The van der Waals surface area contributed by atoms with E-state index in [2.05, 4.69) is 21.9 Å². The minimum atomic E-state index is 0. The molecule has 1 heterocycles. The Morgan fingerprint density at radius 2 is 1.96 bits per heavy atom. The Morgan fingerprint density at radius 1 is 1.23 bits per heavy atom. The van der Waals surface area contributed by atoms with E-state index in [0.29, 0.717) is 43.0 Å². The third-order valence-electron chi connectivity index (χ3n) is 3.16. The lowest BCUT2D eigenvalue weighted by molar-refractivity contribution is 0.319. The Kier molecular flexibility index (Phi) is 9.50. The molecule has 26 heavy (non-hydrogen) atoms. The minimum Gasteiger partial charge on any atom is -0.490 e. The summed E-state index contributed by atoms with van der Waals surface area (Å²) in [5.41, 5.74) is 7.72. The van der Waals surface area contributed by atoms with Crippen LogP contribution in [-0.4, -0.2) is 24.1 Å². The van der Waals surface area contributed by atoms with Crippen molar-refractivity contribution in [2.45, 2.75) is 20.4 Å². The van der Waals surface area contributed by atoms with E-state index in [1.807, 2.05) is 44.2 Å². The molecule has 0 radical (unpaired) electrons. The molecule has 0 unspecified atom stereocenters. The summed E-state index contributed by atoms with van der Waals surface area (Å²) in [5.74, 6) is 2.20. The molecular formula is C19H25IN4O2. The third kappa shape index (κ3) is 7.30. The van der Waals surface area contributed by atoms with Crippen LogP contribution < -0.4 is 20.5 Å². The average Bonchev–Trinajstić information content (AvgIpc) is 2.61. The Bertz CT molecular complexity index is 733. The monoisotopic (exact) mass is 468 g/mol. The maximum atomic E-state index is 5.79. The van der Waals surface area contributed by atoms with Gasteiger partial charge in [0, 0.05) is 18.8 Å².